The number of carbonyl (C=O) groups excluding carboxylic acids is 1. The number of amides is 1. The zero-order valence-corrected chi connectivity index (χ0v) is 16.8. The number of benzene rings is 2. The van der Waals surface area contributed by atoms with Crippen LogP contribution in [-0.4, -0.2) is 18.0 Å². The topological polar surface area (TPSA) is 51.2 Å². The standard InChI is InChI=1S/C22H24N2O2S/c1-15-14-23-21(27-15)24-20(25)22(2,3)19(16-9-6-5-7-10-16)17-11-8-12-18(13-17)26-4/h5-14,19H,1-4H3,(H,23,24,25). The Morgan fingerprint density at radius 2 is 1.81 bits per heavy atom. The van der Waals surface area contributed by atoms with Gasteiger partial charge in [0.2, 0.25) is 5.91 Å². The van der Waals surface area contributed by atoms with Crippen LogP contribution in [0.4, 0.5) is 5.13 Å². The van der Waals surface area contributed by atoms with Crippen molar-refractivity contribution in [1.82, 2.24) is 4.98 Å². The van der Waals surface area contributed by atoms with Gasteiger partial charge in [-0.25, -0.2) is 4.98 Å². The minimum atomic E-state index is -0.701. The summed E-state index contributed by atoms with van der Waals surface area (Å²) in [6.07, 6.45) is 1.77. The molecule has 0 aliphatic rings. The van der Waals surface area contributed by atoms with E-state index in [0.717, 1.165) is 21.8 Å². The van der Waals surface area contributed by atoms with Crippen LogP contribution < -0.4 is 10.1 Å². The van der Waals surface area contributed by atoms with Gasteiger partial charge in [0.1, 0.15) is 5.75 Å². The summed E-state index contributed by atoms with van der Waals surface area (Å²) >= 11 is 1.48. The number of ether oxygens (including phenoxy) is 1. The van der Waals surface area contributed by atoms with Gasteiger partial charge in [-0.2, -0.15) is 0 Å². The first-order valence-electron chi connectivity index (χ1n) is 8.84. The Kier molecular flexibility index (Phi) is 5.61. The van der Waals surface area contributed by atoms with E-state index in [0.29, 0.717) is 5.13 Å². The fourth-order valence-electron chi connectivity index (χ4n) is 3.29. The minimum absolute atomic E-state index is 0.0616. The summed E-state index contributed by atoms with van der Waals surface area (Å²) in [4.78, 5) is 18.5. The van der Waals surface area contributed by atoms with Crippen LogP contribution in [0.3, 0.4) is 0 Å². The normalized spacial score (nSPS) is 12.4. The summed E-state index contributed by atoms with van der Waals surface area (Å²) in [7, 11) is 1.65. The van der Waals surface area contributed by atoms with Crippen molar-refractivity contribution >= 4 is 22.4 Å². The minimum Gasteiger partial charge on any atom is -0.497 e. The van der Waals surface area contributed by atoms with Gasteiger partial charge in [0.25, 0.3) is 0 Å². The monoisotopic (exact) mass is 380 g/mol. The third-order valence-electron chi connectivity index (χ3n) is 4.71. The first-order chi connectivity index (χ1) is 12.9. The second kappa shape index (κ2) is 7.92. The molecule has 3 rings (SSSR count). The average molecular weight is 381 g/mol. The molecule has 4 nitrogen and oxygen atoms in total. The maximum absolute atomic E-state index is 13.2. The van der Waals surface area contributed by atoms with Crippen LogP contribution in [-0.2, 0) is 4.79 Å². The van der Waals surface area contributed by atoms with Crippen LogP contribution in [0.5, 0.6) is 5.75 Å². The van der Waals surface area contributed by atoms with E-state index in [-0.39, 0.29) is 11.8 Å². The Morgan fingerprint density at radius 1 is 1.11 bits per heavy atom. The van der Waals surface area contributed by atoms with E-state index in [9.17, 15) is 4.79 Å². The lowest BCUT2D eigenvalue weighted by Gasteiger charge is -2.34. The third kappa shape index (κ3) is 4.19. The van der Waals surface area contributed by atoms with Crippen LogP contribution in [0, 0.1) is 12.3 Å². The summed E-state index contributed by atoms with van der Waals surface area (Å²) in [5.74, 6) is 0.587. The van der Waals surface area contributed by atoms with Gasteiger partial charge in [0.15, 0.2) is 5.13 Å². The van der Waals surface area contributed by atoms with Gasteiger partial charge in [-0.1, -0.05) is 56.3 Å². The van der Waals surface area contributed by atoms with Crippen molar-refractivity contribution in [2.24, 2.45) is 5.41 Å². The molecule has 1 amide bonds. The molecule has 1 N–H and O–H groups in total. The molecule has 0 saturated carbocycles. The van der Waals surface area contributed by atoms with Crippen molar-refractivity contribution in [3.63, 3.8) is 0 Å². The van der Waals surface area contributed by atoms with Gasteiger partial charge in [0, 0.05) is 17.0 Å². The summed E-state index contributed by atoms with van der Waals surface area (Å²) in [6.45, 7) is 5.92. The second-order valence-electron chi connectivity index (χ2n) is 7.07. The number of hydrogen-bond donors (Lipinski definition) is 1. The number of thiazole rings is 1. The molecule has 0 spiro atoms. The number of rotatable bonds is 6. The molecule has 0 saturated heterocycles. The quantitative estimate of drug-likeness (QED) is 0.635. The van der Waals surface area contributed by atoms with Crippen molar-refractivity contribution in [2.75, 3.05) is 12.4 Å². The molecule has 1 atom stereocenters. The lowest BCUT2D eigenvalue weighted by Crippen LogP contribution is -2.37. The van der Waals surface area contributed by atoms with E-state index in [2.05, 4.69) is 22.4 Å². The highest BCUT2D eigenvalue weighted by Crippen LogP contribution is 2.42. The second-order valence-corrected chi connectivity index (χ2v) is 8.31. The first kappa shape index (κ1) is 19.1. The first-order valence-corrected chi connectivity index (χ1v) is 9.66. The van der Waals surface area contributed by atoms with Gasteiger partial charge < -0.3 is 10.1 Å². The van der Waals surface area contributed by atoms with E-state index < -0.39 is 5.41 Å². The van der Waals surface area contributed by atoms with Crippen LogP contribution in [0.15, 0.2) is 60.8 Å². The summed E-state index contributed by atoms with van der Waals surface area (Å²) in [5, 5.41) is 3.62. The lowest BCUT2D eigenvalue weighted by atomic mass is 9.70. The number of carbonyl (C=O) groups is 1. The molecule has 0 fully saturated rings. The molecule has 1 unspecified atom stereocenters. The van der Waals surface area contributed by atoms with Gasteiger partial charge in [-0.15, -0.1) is 11.3 Å². The zero-order chi connectivity index (χ0) is 19.4. The van der Waals surface area contributed by atoms with E-state index in [1.165, 1.54) is 11.3 Å². The van der Waals surface area contributed by atoms with Crippen molar-refractivity contribution in [1.29, 1.82) is 0 Å². The van der Waals surface area contributed by atoms with Crippen LogP contribution in [0.25, 0.3) is 0 Å². The Labute approximate surface area is 164 Å². The van der Waals surface area contributed by atoms with Gasteiger partial charge in [-0.05, 0) is 30.2 Å². The molecule has 1 heterocycles. The molecule has 140 valence electrons. The van der Waals surface area contributed by atoms with Crippen molar-refractivity contribution in [3.05, 3.63) is 76.8 Å². The molecule has 0 radical (unpaired) electrons. The van der Waals surface area contributed by atoms with Crippen LogP contribution in [0.2, 0.25) is 0 Å². The lowest BCUT2D eigenvalue weighted by molar-refractivity contribution is -0.124. The molecule has 0 aliphatic carbocycles. The summed E-state index contributed by atoms with van der Waals surface area (Å²) in [5.41, 5.74) is 1.42. The maximum Gasteiger partial charge on any atom is 0.232 e. The smallest absolute Gasteiger partial charge is 0.232 e. The average Bonchev–Trinajstić information content (AvgIpc) is 3.07. The zero-order valence-electron chi connectivity index (χ0n) is 16.0. The highest BCUT2D eigenvalue weighted by molar-refractivity contribution is 7.15. The molecule has 5 heteroatoms. The summed E-state index contributed by atoms with van der Waals surface area (Å²) in [6, 6.07) is 18.0. The number of anilines is 1. The Hall–Kier alpha value is -2.66. The van der Waals surface area contributed by atoms with Crippen molar-refractivity contribution < 1.29 is 9.53 Å². The molecular formula is C22H24N2O2S. The number of hydrogen-bond acceptors (Lipinski definition) is 4. The van der Waals surface area contributed by atoms with E-state index in [1.54, 1.807) is 13.3 Å². The molecule has 27 heavy (non-hydrogen) atoms. The Balaban J connectivity index is 2.01. The number of aromatic nitrogens is 1. The van der Waals surface area contributed by atoms with Crippen LogP contribution >= 0.6 is 11.3 Å². The molecular weight excluding hydrogens is 356 g/mol. The number of nitrogens with one attached hydrogen (secondary N) is 1. The molecule has 0 aliphatic heterocycles. The number of methoxy groups -OCH3 is 1. The molecule has 0 bridgehead atoms. The highest BCUT2D eigenvalue weighted by atomic mass is 32.1. The molecule has 2 aromatic carbocycles. The highest BCUT2D eigenvalue weighted by Gasteiger charge is 2.39. The molecule has 3 aromatic rings. The number of nitrogens with zero attached hydrogens (tertiary/aromatic N) is 1. The van der Waals surface area contributed by atoms with E-state index in [4.69, 9.17) is 4.74 Å². The SMILES string of the molecule is COc1cccc(C(c2ccccc2)C(C)(C)C(=O)Nc2ncc(C)s2)c1. The predicted octanol–water partition coefficient (Wildman–Crippen LogP) is 5.26. The third-order valence-corrected chi connectivity index (χ3v) is 5.54. The fourth-order valence-corrected chi connectivity index (χ4v) is 3.95. The number of aryl methyl sites for hydroxylation is 1. The predicted molar refractivity (Wildman–Crippen MR) is 111 cm³/mol. The van der Waals surface area contributed by atoms with Crippen molar-refractivity contribution in [2.45, 2.75) is 26.7 Å². The van der Waals surface area contributed by atoms with Crippen LogP contribution in [0.1, 0.15) is 35.8 Å². The van der Waals surface area contributed by atoms with E-state index in [1.807, 2.05) is 63.2 Å². The van der Waals surface area contributed by atoms with Gasteiger partial charge >= 0.3 is 0 Å². The van der Waals surface area contributed by atoms with Gasteiger partial charge in [0.05, 0.1) is 12.5 Å². The Morgan fingerprint density at radius 3 is 2.44 bits per heavy atom. The largest absolute Gasteiger partial charge is 0.497 e. The summed E-state index contributed by atoms with van der Waals surface area (Å²) < 4.78 is 5.40. The molecule has 1 aromatic heterocycles. The van der Waals surface area contributed by atoms with Gasteiger partial charge in [-0.3, -0.25) is 4.79 Å². The van der Waals surface area contributed by atoms with Crippen molar-refractivity contribution in [3.8, 4) is 5.75 Å². The maximum atomic E-state index is 13.2. The van der Waals surface area contributed by atoms with E-state index >= 15 is 0 Å². The fraction of sp³-hybridized carbons (Fsp3) is 0.273. The Bertz CT molecular complexity index is 919.